The van der Waals surface area contributed by atoms with Crippen LogP contribution in [0.2, 0.25) is 0 Å². The number of piperazine rings is 1. The molecule has 32 heavy (non-hydrogen) atoms. The first-order chi connectivity index (χ1) is 15.3. The zero-order valence-electron chi connectivity index (χ0n) is 18.2. The van der Waals surface area contributed by atoms with Gasteiger partial charge in [-0.05, 0) is 38.1 Å². The molecule has 0 N–H and O–H groups in total. The molecule has 3 heterocycles. The minimum Gasteiger partial charge on any atom is -0.362 e. The molecule has 1 aromatic carbocycles. The van der Waals surface area contributed by atoms with Crippen molar-refractivity contribution in [1.82, 2.24) is 14.5 Å². The van der Waals surface area contributed by atoms with E-state index < -0.39 is 0 Å². The fourth-order valence-electron chi connectivity index (χ4n) is 4.36. The fraction of sp³-hybridized carbons (Fsp3) is 0.333. The van der Waals surface area contributed by atoms with Gasteiger partial charge in [0.15, 0.2) is 0 Å². The van der Waals surface area contributed by atoms with Gasteiger partial charge in [-0.15, -0.1) is 4.98 Å². The van der Waals surface area contributed by atoms with Gasteiger partial charge in [-0.1, -0.05) is 12.6 Å². The molecular weight excluding hydrogens is 407 g/mol. The van der Waals surface area contributed by atoms with Crippen LogP contribution in [-0.4, -0.2) is 39.6 Å². The van der Waals surface area contributed by atoms with Gasteiger partial charge in [-0.3, -0.25) is 9.69 Å². The predicted molar refractivity (Wildman–Crippen MR) is 121 cm³/mol. The zero-order chi connectivity index (χ0) is 23.0. The monoisotopic (exact) mass is 430 g/mol. The Morgan fingerprint density at radius 2 is 2.03 bits per heavy atom. The van der Waals surface area contributed by atoms with E-state index in [1.54, 1.807) is 37.4 Å². The van der Waals surface area contributed by atoms with E-state index >= 15 is 0 Å². The summed E-state index contributed by atoms with van der Waals surface area (Å²) in [6.07, 6.45) is 0. The second-order valence-electron chi connectivity index (χ2n) is 8.23. The summed E-state index contributed by atoms with van der Waals surface area (Å²) >= 11 is 0. The smallest absolute Gasteiger partial charge is 0.270 e. The van der Waals surface area contributed by atoms with Crippen molar-refractivity contribution in [2.24, 2.45) is 7.05 Å². The molecule has 1 fully saturated rings. The Morgan fingerprint density at radius 3 is 2.75 bits per heavy atom. The van der Waals surface area contributed by atoms with Gasteiger partial charge in [0.05, 0.1) is 22.8 Å². The molecule has 0 saturated carbocycles. The SMILES string of the molecule is [C-]#[N+]c1ccc2c(n1)c(N1C[C@@H](C)N(Cc3c(F)cccc3C#N)C[C@@H]1C)cc(=O)n2C. The average molecular weight is 430 g/mol. The molecule has 0 radical (unpaired) electrons. The molecule has 0 bridgehead atoms. The van der Waals surface area contributed by atoms with E-state index in [-0.39, 0.29) is 29.3 Å². The van der Waals surface area contributed by atoms with Gasteiger partial charge < -0.3 is 14.3 Å². The Kier molecular flexibility index (Phi) is 5.65. The number of aryl methyl sites for hydroxylation is 1. The number of nitriles is 1. The molecule has 0 unspecified atom stereocenters. The highest BCUT2D eigenvalue weighted by atomic mass is 19.1. The highest BCUT2D eigenvalue weighted by Gasteiger charge is 2.32. The summed E-state index contributed by atoms with van der Waals surface area (Å²) in [5.74, 6) is -0.0971. The summed E-state index contributed by atoms with van der Waals surface area (Å²) in [6, 6.07) is 11.6. The summed E-state index contributed by atoms with van der Waals surface area (Å²) in [7, 11) is 1.69. The highest BCUT2D eigenvalue weighted by Crippen LogP contribution is 2.30. The number of fused-ring (bicyclic) bond motifs is 1. The quantitative estimate of drug-likeness (QED) is 0.594. The van der Waals surface area contributed by atoms with E-state index in [1.165, 1.54) is 10.6 Å². The molecule has 2 aromatic heterocycles. The lowest BCUT2D eigenvalue weighted by molar-refractivity contribution is 0.156. The van der Waals surface area contributed by atoms with Gasteiger partial charge in [-0.2, -0.15) is 5.26 Å². The van der Waals surface area contributed by atoms with Crippen LogP contribution in [0.15, 0.2) is 41.2 Å². The van der Waals surface area contributed by atoms with Crippen LogP contribution in [0.4, 0.5) is 15.9 Å². The molecule has 1 saturated heterocycles. The summed E-state index contributed by atoms with van der Waals surface area (Å²) in [6.45, 7) is 13.0. The molecule has 0 amide bonds. The third kappa shape index (κ3) is 3.70. The number of hydrogen-bond acceptors (Lipinski definition) is 5. The summed E-state index contributed by atoms with van der Waals surface area (Å²) in [5, 5.41) is 9.37. The first kappa shape index (κ1) is 21.5. The van der Waals surface area contributed by atoms with Crippen molar-refractivity contribution < 1.29 is 4.39 Å². The van der Waals surface area contributed by atoms with E-state index in [0.29, 0.717) is 47.5 Å². The first-order valence-corrected chi connectivity index (χ1v) is 10.4. The molecule has 0 spiro atoms. The molecule has 8 heteroatoms. The second kappa shape index (κ2) is 8.41. The topological polar surface area (TPSA) is 69.5 Å². The van der Waals surface area contributed by atoms with Crippen molar-refractivity contribution in [2.75, 3.05) is 18.0 Å². The van der Waals surface area contributed by atoms with E-state index in [4.69, 9.17) is 6.57 Å². The summed E-state index contributed by atoms with van der Waals surface area (Å²) in [5.41, 5.74) is 2.61. The number of benzene rings is 1. The maximum atomic E-state index is 14.4. The Hall–Kier alpha value is -3.75. The predicted octanol–water partition coefficient (Wildman–Crippen LogP) is 3.59. The van der Waals surface area contributed by atoms with Crippen molar-refractivity contribution in [3.8, 4) is 6.07 Å². The summed E-state index contributed by atoms with van der Waals surface area (Å²) in [4.78, 5) is 24.8. The highest BCUT2D eigenvalue weighted by molar-refractivity contribution is 5.89. The number of halogens is 1. The average Bonchev–Trinajstić information content (AvgIpc) is 2.79. The van der Waals surface area contributed by atoms with Crippen molar-refractivity contribution in [2.45, 2.75) is 32.5 Å². The Balaban J connectivity index is 1.69. The van der Waals surface area contributed by atoms with Crippen molar-refractivity contribution >= 4 is 22.5 Å². The molecule has 7 nitrogen and oxygen atoms in total. The molecule has 3 aromatic rings. The van der Waals surface area contributed by atoms with Crippen LogP contribution in [0.1, 0.15) is 25.0 Å². The minimum atomic E-state index is -0.375. The molecule has 2 atom stereocenters. The largest absolute Gasteiger partial charge is 0.362 e. The van der Waals surface area contributed by atoms with Crippen molar-refractivity contribution in [3.05, 3.63) is 75.1 Å². The minimum absolute atomic E-state index is 0.0113. The lowest BCUT2D eigenvalue weighted by Crippen LogP contribution is -2.56. The Labute approximate surface area is 185 Å². The van der Waals surface area contributed by atoms with Gasteiger partial charge in [0.2, 0.25) is 5.52 Å². The Bertz CT molecular complexity index is 1340. The molecule has 1 aliphatic heterocycles. The van der Waals surface area contributed by atoms with Crippen LogP contribution in [0.25, 0.3) is 15.9 Å². The first-order valence-electron chi connectivity index (χ1n) is 10.4. The van der Waals surface area contributed by atoms with Crippen LogP contribution in [0.3, 0.4) is 0 Å². The van der Waals surface area contributed by atoms with Crippen LogP contribution in [0, 0.1) is 23.7 Å². The van der Waals surface area contributed by atoms with Crippen LogP contribution in [-0.2, 0) is 13.6 Å². The van der Waals surface area contributed by atoms with Gasteiger partial charge in [-0.25, -0.2) is 4.39 Å². The molecular formula is C24H23FN6O. The molecule has 0 aliphatic carbocycles. The number of nitrogens with zero attached hydrogens (tertiary/aromatic N) is 6. The zero-order valence-corrected chi connectivity index (χ0v) is 18.2. The van der Waals surface area contributed by atoms with Gasteiger partial charge in [0, 0.05) is 50.4 Å². The molecule has 4 rings (SSSR count). The number of aromatic nitrogens is 2. The van der Waals surface area contributed by atoms with E-state index in [9.17, 15) is 14.4 Å². The molecule has 162 valence electrons. The van der Waals surface area contributed by atoms with E-state index in [2.05, 4.69) is 25.7 Å². The third-order valence-corrected chi connectivity index (χ3v) is 6.19. The number of hydrogen-bond donors (Lipinski definition) is 0. The fourth-order valence-corrected chi connectivity index (χ4v) is 4.36. The maximum Gasteiger partial charge on any atom is 0.270 e. The van der Waals surface area contributed by atoms with Crippen molar-refractivity contribution in [3.63, 3.8) is 0 Å². The number of anilines is 1. The normalized spacial score (nSPS) is 19.0. The lowest BCUT2D eigenvalue weighted by atomic mass is 10.0. The van der Waals surface area contributed by atoms with Crippen LogP contribution in [0.5, 0.6) is 0 Å². The lowest BCUT2D eigenvalue weighted by Gasteiger charge is -2.45. The second-order valence-corrected chi connectivity index (χ2v) is 8.23. The standard InChI is InChI=1S/C24H23FN6O/c1-15-13-31(16(2)12-30(15)14-18-17(11-26)6-5-7-19(18)25)21-10-23(32)29(4)20-8-9-22(27-3)28-24(20)21/h5-10,15-16H,12-14H2,1-2,4H3/t15-,16+/m1/s1. The maximum absolute atomic E-state index is 14.4. The van der Waals surface area contributed by atoms with Crippen LogP contribution >= 0.6 is 0 Å². The van der Waals surface area contributed by atoms with Crippen molar-refractivity contribution in [1.29, 1.82) is 5.26 Å². The van der Waals surface area contributed by atoms with Crippen LogP contribution < -0.4 is 10.5 Å². The number of pyridine rings is 2. The Morgan fingerprint density at radius 1 is 1.25 bits per heavy atom. The van der Waals surface area contributed by atoms with Gasteiger partial charge >= 0.3 is 0 Å². The van der Waals surface area contributed by atoms with E-state index in [1.807, 2.05) is 13.8 Å². The number of rotatable bonds is 3. The molecule has 1 aliphatic rings. The third-order valence-electron chi connectivity index (χ3n) is 6.19. The van der Waals surface area contributed by atoms with Gasteiger partial charge in [0.1, 0.15) is 5.82 Å². The van der Waals surface area contributed by atoms with Gasteiger partial charge in [0.25, 0.3) is 11.4 Å². The summed E-state index contributed by atoms with van der Waals surface area (Å²) < 4.78 is 16.0. The van der Waals surface area contributed by atoms with E-state index in [0.717, 1.165) is 0 Å².